The highest BCUT2D eigenvalue weighted by molar-refractivity contribution is 7.26. The molecular weight excluding hydrogens is 446 g/mol. The molecule has 0 spiro atoms. The number of nitrogens with one attached hydrogen (secondary N) is 1. The first kappa shape index (κ1) is 19.9. The van der Waals surface area contributed by atoms with Gasteiger partial charge in [0.2, 0.25) is 0 Å². The number of thiazole rings is 2. The molecule has 0 aliphatic carbocycles. The molecule has 0 unspecified atom stereocenters. The average Bonchev–Trinajstić information content (AvgIpc) is 3.52. The van der Waals surface area contributed by atoms with Gasteiger partial charge in [-0.1, -0.05) is 12.1 Å². The van der Waals surface area contributed by atoms with Gasteiger partial charge in [0.1, 0.15) is 10.8 Å². The van der Waals surface area contributed by atoms with Crippen LogP contribution >= 0.6 is 34.0 Å². The van der Waals surface area contributed by atoms with Gasteiger partial charge in [-0.05, 0) is 55.0 Å². The van der Waals surface area contributed by atoms with E-state index in [0.717, 1.165) is 42.7 Å². The average molecular weight is 464 g/mol. The molecule has 0 aliphatic heterocycles. The van der Waals surface area contributed by atoms with Gasteiger partial charge in [-0.2, -0.15) is 0 Å². The standard InChI is InChI=1S/C23H17N3O2S3/c1-13-11-14(7-8-17(13)28-2)16-12-29-23(25-16)26-21(27)19-9-10-20(30-19)22-24-15-5-3-4-6-18(15)31-22/h3-12H,1-2H3,(H,25,26,27). The molecule has 0 aliphatic rings. The number of hydrogen-bond acceptors (Lipinski definition) is 7. The third-order valence-electron chi connectivity index (χ3n) is 4.75. The number of hydrogen-bond donors (Lipinski definition) is 1. The summed E-state index contributed by atoms with van der Waals surface area (Å²) >= 11 is 4.48. The van der Waals surface area contributed by atoms with Crippen molar-refractivity contribution in [2.75, 3.05) is 12.4 Å². The normalized spacial score (nSPS) is 11.0. The van der Waals surface area contributed by atoms with Gasteiger partial charge in [-0.15, -0.1) is 34.0 Å². The first-order valence-electron chi connectivity index (χ1n) is 9.48. The number of aromatic nitrogens is 2. The fourth-order valence-electron chi connectivity index (χ4n) is 3.21. The van der Waals surface area contributed by atoms with E-state index in [4.69, 9.17) is 4.74 Å². The topological polar surface area (TPSA) is 64.1 Å². The maximum atomic E-state index is 12.7. The van der Waals surface area contributed by atoms with Crippen LogP contribution in [0.1, 0.15) is 15.2 Å². The Labute approximate surface area is 191 Å². The van der Waals surface area contributed by atoms with E-state index in [9.17, 15) is 4.79 Å². The van der Waals surface area contributed by atoms with Gasteiger partial charge in [-0.25, -0.2) is 9.97 Å². The minimum Gasteiger partial charge on any atom is -0.496 e. The SMILES string of the molecule is COc1ccc(-c2csc(NC(=O)c3ccc(-c4nc5ccccc5s4)s3)n2)cc1C. The van der Waals surface area contributed by atoms with Gasteiger partial charge in [-0.3, -0.25) is 10.1 Å². The number of amides is 1. The van der Waals surface area contributed by atoms with Crippen molar-refractivity contribution >= 4 is 55.3 Å². The van der Waals surface area contributed by atoms with Crippen molar-refractivity contribution in [1.29, 1.82) is 0 Å². The Morgan fingerprint density at radius 1 is 1.03 bits per heavy atom. The number of thiophene rings is 1. The number of ether oxygens (including phenoxy) is 1. The molecule has 5 nitrogen and oxygen atoms in total. The molecule has 1 N–H and O–H groups in total. The first-order chi connectivity index (χ1) is 15.1. The van der Waals surface area contributed by atoms with E-state index in [-0.39, 0.29) is 5.91 Å². The number of benzene rings is 2. The third-order valence-corrected chi connectivity index (χ3v) is 7.80. The fraction of sp³-hybridized carbons (Fsp3) is 0.0870. The van der Waals surface area contributed by atoms with E-state index in [2.05, 4.69) is 21.4 Å². The van der Waals surface area contributed by atoms with Gasteiger partial charge in [0.05, 0.1) is 32.8 Å². The summed E-state index contributed by atoms with van der Waals surface area (Å²) in [6.07, 6.45) is 0. The van der Waals surface area contributed by atoms with Crippen LogP contribution in [0.3, 0.4) is 0 Å². The summed E-state index contributed by atoms with van der Waals surface area (Å²) in [7, 11) is 1.66. The molecule has 5 aromatic rings. The molecule has 31 heavy (non-hydrogen) atoms. The van der Waals surface area contributed by atoms with Crippen LogP contribution in [0.2, 0.25) is 0 Å². The number of carbonyl (C=O) groups excluding carboxylic acids is 1. The zero-order chi connectivity index (χ0) is 21.4. The Balaban J connectivity index is 1.32. The van der Waals surface area contributed by atoms with Crippen molar-refractivity contribution in [2.24, 2.45) is 0 Å². The van der Waals surface area contributed by atoms with Crippen LogP contribution in [0.15, 0.2) is 60.0 Å². The quantitative estimate of drug-likeness (QED) is 0.314. The van der Waals surface area contributed by atoms with Gasteiger partial charge in [0.25, 0.3) is 5.91 Å². The zero-order valence-corrected chi connectivity index (χ0v) is 19.2. The summed E-state index contributed by atoms with van der Waals surface area (Å²) in [5.41, 5.74) is 3.84. The van der Waals surface area contributed by atoms with Crippen LogP contribution in [0.5, 0.6) is 5.75 Å². The van der Waals surface area contributed by atoms with E-state index in [1.807, 2.05) is 60.8 Å². The predicted molar refractivity (Wildman–Crippen MR) is 130 cm³/mol. The molecule has 0 atom stereocenters. The molecule has 1 amide bonds. The van der Waals surface area contributed by atoms with Crippen molar-refractivity contribution in [2.45, 2.75) is 6.92 Å². The summed E-state index contributed by atoms with van der Waals surface area (Å²) in [4.78, 5) is 23.6. The maximum absolute atomic E-state index is 12.7. The number of methoxy groups -OCH3 is 1. The van der Waals surface area contributed by atoms with Gasteiger partial charge in [0.15, 0.2) is 5.13 Å². The third kappa shape index (κ3) is 3.97. The summed E-state index contributed by atoms with van der Waals surface area (Å²) in [5, 5.41) is 6.36. The number of rotatable bonds is 5. The van der Waals surface area contributed by atoms with E-state index >= 15 is 0 Å². The van der Waals surface area contributed by atoms with Crippen LogP contribution in [0.25, 0.3) is 31.4 Å². The smallest absolute Gasteiger partial charge is 0.267 e. The van der Waals surface area contributed by atoms with Crippen molar-refractivity contribution in [3.05, 3.63) is 70.4 Å². The Morgan fingerprint density at radius 2 is 1.90 bits per heavy atom. The highest BCUT2D eigenvalue weighted by Gasteiger charge is 2.15. The maximum Gasteiger partial charge on any atom is 0.267 e. The number of nitrogens with zero attached hydrogens (tertiary/aromatic N) is 2. The van der Waals surface area contributed by atoms with Gasteiger partial charge < -0.3 is 4.74 Å². The van der Waals surface area contributed by atoms with Crippen LogP contribution in [-0.2, 0) is 0 Å². The Morgan fingerprint density at radius 3 is 2.71 bits per heavy atom. The van der Waals surface area contributed by atoms with Crippen LogP contribution < -0.4 is 10.1 Å². The van der Waals surface area contributed by atoms with Crippen LogP contribution in [0.4, 0.5) is 5.13 Å². The lowest BCUT2D eigenvalue weighted by molar-refractivity contribution is 0.103. The lowest BCUT2D eigenvalue weighted by atomic mass is 10.1. The number of anilines is 1. The molecule has 0 saturated carbocycles. The number of carbonyl (C=O) groups is 1. The molecule has 5 rings (SSSR count). The lowest BCUT2D eigenvalue weighted by Gasteiger charge is -2.05. The van der Waals surface area contributed by atoms with Gasteiger partial charge in [0, 0.05) is 10.9 Å². The second kappa shape index (κ2) is 8.22. The van der Waals surface area contributed by atoms with E-state index < -0.39 is 0 Å². The Kier molecular flexibility index (Phi) is 5.27. The summed E-state index contributed by atoms with van der Waals surface area (Å²) < 4.78 is 6.46. The molecule has 8 heteroatoms. The summed E-state index contributed by atoms with van der Waals surface area (Å²) in [6.45, 7) is 2.00. The predicted octanol–water partition coefficient (Wildman–Crippen LogP) is 6.72. The van der Waals surface area contributed by atoms with E-state index in [0.29, 0.717) is 10.0 Å². The zero-order valence-electron chi connectivity index (χ0n) is 16.7. The van der Waals surface area contributed by atoms with Crippen molar-refractivity contribution in [1.82, 2.24) is 9.97 Å². The molecule has 2 aromatic carbocycles. The highest BCUT2D eigenvalue weighted by Crippen LogP contribution is 2.35. The van der Waals surface area contributed by atoms with Gasteiger partial charge >= 0.3 is 0 Å². The van der Waals surface area contributed by atoms with Crippen LogP contribution in [-0.4, -0.2) is 23.0 Å². The molecule has 3 heterocycles. The molecule has 0 bridgehead atoms. The molecule has 154 valence electrons. The lowest BCUT2D eigenvalue weighted by Crippen LogP contribution is -2.09. The van der Waals surface area contributed by atoms with Crippen molar-refractivity contribution in [3.8, 4) is 26.9 Å². The monoisotopic (exact) mass is 463 g/mol. The minimum atomic E-state index is -0.163. The Hall–Kier alpha value is -3.07. The second-order valence-electron chi connectivity index (χ2n) is 6.83. The number of para-hydroxylation sites is 1. The van der Waals surface area contributed by atoms with E-state index in [1.54, 1.807) is 18.4 Å². The first-order valence-corrected chi connectivity index (χ1v) is 12.0. The number of aryl methyl sites for hydroxylation is 1. The van der Waals surface area contributed by atoms with Crippen molar-refractivity contribution in [3.63, 3.8) is 0 Å². The molecule has 3 aromatic heterocycles. The van der Waals surface area contributed by atoms with Crippen molar-refractivity contribution < 1.29 is 9.53 Å². The van der Waals surface area contributed by atoms with E-state index in [1.165, 1.54) is 22.7 Å². The van der Waals surface area contributed by atoms with Crippen LogP contribution in [0, 0.1) is 6.92 Å². The molecule has 0 saturated heterocycles. The highest BCUT2D eigenvalue weighted by atomic mass is 32.1. The fourth-order valence-corrected chi connectivity index (χ4v) is 5.85. The Bertz CT molecular complexity index is 1370. The number of fused-ring (bicyclic) bond motifs is 1. The summed E-state index contributed by atoms with van der Waals surface area (Å²) in [5.74, 6) is 0.679. The molecule has 0 radical (unpaired) electrons. The molecule has 0 fully saturated rings. The summed E-state index contributed by atoms with van der Waals surface area (Å²) in [6, 6.07) is 17.8. The second-order valence-corrected chi connectivity index (χ2v) is 9.80. The molecular formula is C23H17N3O2S3. The minimum absolute atomic E-state index is 0.163. The largest absolute Gasteiger partial charge is 0.496 e.